The van der Waals surface area contributed by atoms with Crippen LogP contribution in [0.5, 0.6) is 0 Å². The molecular formula is C66H63BiS3. The molecule has 9 aromatic carbocycles. The summed E-state index contributed by atoms with van der Waals surface area (Å²) in [5.74, 6) is 0. The molecule has 0 aromatic heterocycles. The monoisotopic (exact) mass is 1160 g/mol. The average Bonchev–Trinajstić information content (AvgIpc) is 3.34. The van der Waals surface area contributed by atoms with Crippen molar-refractivity contribution in [3.05, 3.63) is 231 Å². The third-order valence-electron chi connectivity index (χ3n) is 13.6. The zero-order chi connectivity index (χ0) is 49.4. The van der Waals surface area contributed by atoms with Gasteiger partial charge < -0.3 is 0 Å². The van der Waals surface area contributed by atoms with Crippen LogP contribution in [0.2, 0.25) is 0 Å². The summed E-state index contributed by atoms with van der Waals surface area (Å²) in [4.78, 5) is 4.16. The Kier molecular flexibility index (Phi) is 15.2. The van der Waals surface area contributed by atoms with E-state index in [0.29, 0.717) is 0 Å². The van der Waals surface area contributed by atoms with Crippen LogP contribution in [0.4, 0.5) is 0 Å². The third-order valence-corrected chi connectivity index (χ3v) is 39.3. The normalized spacial score (nSPS) is 11.4. The van der Waals surface area contributed by atoms with Gasteiger partial charge in [0, 0.05) is 0 Å². The Morgan fingerprint density at radius 2 is 0.386 bits per heavy atom. The first-order chi connectivity index (χ1) is 33.6. The first-order valence-electron chi connectivity index (χ1n) is 24.3. The van der Waals surface area contributed by atoms with Crippen LogP contribution in [0.15, 0.2) is 178 Å². The SMILES string of the molecule is Cc1ccc(C)c(-c2cccc(-c3cc(C)ccc3C)c2[S][Bi]([S]c2c(-c3cc(C)ccc3C)cccc2-c2cc(C)ccc2C)[S]c2c(-c3cc(C)ccc3C)cccc2-c2cc(C)ccc2C)c1. The van der Waals surface area contributed by atoms with Gasteiger partial charge in [-0.05, 0) is 0 Å². The predicted octanol–water partition coefficient (Wildman–Crippen LogP) is 20.1. The Morgan fingerprint density at radius 3 is 0.557 bits per heavy atom. The first-order valence-corrected chi connectivity index (χ1v) is 39.4. The van der Waals surface area contributed by atoms with Crippen molar-refractivity contribution in [1.82, 2.24) is 0 Å². The van der Waals surface area contributed by atoms with Gasteiger partial charge in [-0.2, -0.15) is 0 Å². The van der Waals surface area contributed by atoms with Gasteiger partial charge in [-0.3, -0.25) is 0 Å². The molecule has 0 aliphatic carbocycles. The molecule has 4 heteroatoms. The van der Waals surface area contributed by atoms with Crippen molar-refractivity contribution in [2.75, 3.05) is 0 Å². The molecule has 9 rings (SSSR count). The maximum atomic E-state index is 2.41. The molecule has 0 unspecified atom stereocenters. The molecule has 0 amide bonds. The van der Waals surface area contributed by atoms with Crippen molar-refractivity contribution in [1.29, 1.82) is 0 Å². The van der Waals surface area contributed by atoms with Gasteiger partial charge in [-0.25, -0.2) is 0 Å². The molecule has 0 spiro atoms. The zero-order valence-corrected chi connectivity index (χ0v) is 48.7. The van der Waals surface area contributed by atoms with E-state index in [0.717, 1.165) is 0 Å². The van der Waals surface area contributed by atoms with Crippen molar-refractivity contribution in [2.24, 2.45) is 0 Å². The fraction of sp³-hybridized carbons (Fsp3) is 0.182. The number of hydrogen-bond donors (Lipinski definition) is 0. The van der Waals surface area contributed by atoms with Gasteiger partial charge >= 0.3 is 438 Å². The van der Waals surface area contributed by atoms with E-state index in [4.69, 9.17) is 0 Å². The van der Waals surface area contributed by atoms with E-state index in [9.17, 15) is 0 Å². The molecule has 0 radical (unpaired) electrons. The van der Waals surface area contributed by atoms with Gasteiger partial charge in [0.2, 0.25) is 0 Å². The van der Waals surface area contributed by atoms with Crippen molar-refractivity contribution < 1.29 is 0 Å². The van der Waals surface area contributed by atoms with Gasteiger partial charge in [0.05, 0.1) is 0 Å². The Bertz CT molecular complexity index is 2880. The predicted molar refractivity (Wildman–Crippen MR) is 312 cm³/mol. The van der Waals surface area contributed by atoms with Crippen LogP contribution in [-0.2, 0) is 0 Å². The molecule has 0 fully saturated rings. The fourth-order valence-electron chi connectivity index (χ4n) is 9.61. The molecule has 350 valence electrons. The van der Waals surface area contributed by atoms with Crippen molar-refractivity contribution >= 4 is 42.9 Å². The second-order valence-corrected chi connectivity index (χ2v) is 45.1. The van der Waals surface area contributed by atoms with Crippen LogP contribution >= 0.6 is 25.6 Å². The van der Waals surface area contributed by atoms with Crippen LogP contribution in [0.1, 0.15) is 66.8 Å². The molecule has 0 saturated heterocycles. The van der Waals surface area contributed by atoms with Crippen molar-refractivity contribution in [2.45, 2.75) is 97.8 Å². The quantitative estimate of drug-likeness (QED) is 0.112. The summed E-state index contributed by atoms with van der Waals surface area (Å²) in [5, 5.41) is 0. The standard InChI is InChI=1S/3C22H22S.Bi/c3*1-14-8-10-16(3)20(12-14)18-6-5-7-19(22(18)23)21-13-15(2)9-11-17(21)4;/h3*5-13,23H,1-4H3;/q;;;+3/p-3. The van der Waals surface area contributed by atoms with Crippen LogP contribution < -0.4 is 0 Å². The number of aryl methyl sites for hydroxylation is 12. The van der Waals surface area contributed by atoms with Gasteiger partial charge in [-0.1, -0.05) is 0 Å². The summed E-state index contributed by atoms with van der Waals surface area (Å²) in [6.45, 7) is 27.1. The van der Waals surface area contributed by atoms with Crippen LogP contribution in [0.3, 0.4) is 0 Å². The second-order valence-electron chi connectivity index (χ2n) is 19.5. The molecular weight excluding hydrogens is 1100 g/mol. The van der Waals surface area contributed by atoms with Gasteiger partial charge in [0.25, 0.3) is 0 Å². The molecule has 0 bridgehead atoms. The van der Waals surface area contributed by atoms with Crippen molar-refractivity contribution in [3.8, 4) is 66.8 Å². The fourth-order valence-corrected chi connectivity index (χ4v) is 39.9. The molecule has 0 atom stereocenters. The summed E-state index contributed by atoms with van der Waals surface area (Å²) < 4.78 is 0. The Balaban J connectivity index is 1.38. The van der Waals surface area contributed by atoms with Crippen LogP contribution in [0.25, 0.3) is 66.8 Å². The molecule has 0 saturated carbocycles. The van der Waals surface area contributed by atoms with E-state index < -0.39 is 17.4 Å². The summed E-state index contributed by atoms with van der Waals surface area (Å²) in [6, 6.07) is 63.1. The number of hydrogen-bond acceptors (Lipinski definition) is 3. The topological polar surface area (TPSA) is 0 Å². The molecule has 9 aromatic rings. The summed E-state index contributed by atoms with van der Waals surface area (Å²) >= 11 is -3.25. The molecule has 0 N–H and O–H groups in total. The van der Waals surface area contributed by atoms with Crippen LogP contribution in [0, 0.1) is 83.1 Å². The van der Waals surface area contributed by atoms with E-state index in [2.05, 4.69) is 272 Å². The Morgan fingerprint density at radius 1 is 0.214 bits per heavy atom. The Labute approximate surface area is 434 Å². The minimum atomic E-state index is -3.25. The van der Waals surface area contributed by atoms with Gasteiger partial charge in [0.15, 0.2) is 0 Å². The molecule has 0 heterocycles. The summed E-state index contributed by atoms with van der Waals surface area (Å²) in [7, 11) is 6.68. The molecule has 0 aliphatic rings. The Hall–Kier alpha value is -5.09. The van der Waals surface area contributed by atoms with Crippen molar-refractivity contribution in [3.63, 3.8) is 0 Å². The maximum absolute atomic E-state index is 3.25. The second kappa shape index (κ2) is 21.3. The number of rotatable bonds is 12. The van der Waals surface area contributed by atoms with E-state index in [1.54, 1.807) is 0 Å². The van der Waals surface area contributed by atoms with E-state index >= 15 is 0 Å². The minimum absolute atomic E-state index is 1.28. The van der Waals surface area contributed by atoms with E-state index in [-0.39, 0.29) is 0 Å². The molecule has 70 heavy (non-hydrogen) atoms. The molecule has 0 nitrogen and oxygen atoms in total. The first kappa shape index (κ1) is 49.9. The van der Waals surface area contributed by atoms with E-state index in [1.807, 2.05) is 0 Å². The zero-order valence-electron chi connectivity index (χ0n) is 42.8. The summed E-state index contributed by atoms with van der Waals surface area (Å²) in [5.41, 5.74) is 31.2. The van der Waals surface area contributed by atoms with E-state index in [1.165, 1.54) is 148 Å². The van der Waals surface area contributed by atoms with Gasteiger partial charge in [0.1, 0.15) is 0 Å². The molecule has 0 aliphatic heterocycles. The van der Waals surface area contributed by atoms with Gasteiger partial charge in [-0.15, -0.1) is 0 Å². The third kappa shape index (κ3) is 10.6. The van der Waals surface area contributed by atoms with Crippen LogP contribution in [-0.4, -0.2) is 17.4 Å². The average molecular weight is 1160 g/mol. The summed E-state index contributed by atoms with van der Waals surface area (Å²) in [6.07, 6.45) is 0. The number of benzene rings is 9.